The fourth-order valence-electron chi connectivity index (χ4n) is 1.79. The first-order valence-corrected chi connectivity index (χ1v) is 7.47. The third-order valence-corrected chi connectivity index (χ3v) is 3.49. The molecule has 126 valence electrons. The largest absolute Gasteiger partial charge is 0.481 e. The van der Waals surface area contributed by atoms with Gasteiger partial charge in [0.2, 0.25) is 11.8 Å². The van der Waals surface area contributed by atoms with Crippen molar-refractivity contribution in [2.45, 2.75) is 41.0 Å². The lowest BCUT2D eigenvalue weighted by molar-refractivity contribution is -0.149. The van der Waals surface area contributed by atoms with Crippen LogP contribution in [0.1, 0.15) is 39.7 Å². The summed E-state index contributed by atoms with van der Waals surface area (Å²) in [6, 6.07) is 5.21. The standard InChI is InChI=1S/C17H24N2O4/c1-10(2)15(21)18-12-7-6-11(3)13(8-12)19-14(20)9-17(4,5)16(22)23/h6-8,10H,9H2,1-5H3,(H,18,21)(H,19,20)(H,22,23). The summed E-state index contributed by atoms with van der Waals surface area (Å²) in [5.41, 5.74) is 0.829. The summed E-state index contributed by atoms with van der Waals surface area (Å²) in [7, 11) is 0. The maximum Gasteiger partial charge on any atom is 0.309 e. The van der Waals surface area contributed by atoms with Crippen molar-refractivity contribution in [3.8, 4) is 0 Å². The quantitative estimate of drug-likeness (QED) is 0.750. The molecular formula is C17H24N2O4. The van der Waals surface area contributed by atoms with Crippen molar-refractivity contribution < 1.29 is 19.5 Å². The zero-order valence-electron chi connectivity index (χ0n) is 14.2. The van der Waals surface area contributed by atoms with Crippen molar-refractivity contribution in [1.29, 1.82) is 0 Å². The number of carboxylic acid groups (broad SMARTS) is 1. The Morgan fingerprint density at radius 2 is 1.78 bits per heavy atom. The molecule has 0 heterocycles. The Morgan fingerprint density at radius 1 is 1.17 bits per heavy atom. The van der Waals surface area contributed by atoms with E-state index in [1.165, 1.54) is 13.8 Å². The number of carbonyl (C=O) groups is 3. The lowest BCUT2D eigenvalue weighted by atomic mass is 9.89. The van der Waals surface area contributed by atoms with Crippen LogP contribution in [-0.4, -0.2) is 22.9 Å². The predicted octanol–water partition coefficient (Wildman–Crippen LogP) is 3.03. The second-order valence-electron chi connectivity index (χ2n) is 6.59. The minimum absolute atomic E-state index is 0.113. The molecule has 6 heteroatoms. The highest BCUT2D eigenvalue weighted by Gasteiger charge is 2.30. The van der Waals surface area contributed by atoms with Crippen LogP contribution in [0.3, 0.4) is 0 Å². The maximum absolute atomic E-state index is 12.1. The van der Waals surface area contributed by atoms with Crippen LogP contribution < -0.4 is 10.6 Å². The molecule has 1 aromatic rings. The number of aryl methyl sites for hydroxylation is 1. The van der Waals surface area contributed by atoms with Crippen LogP contribution in [0.15, 0.2) is 18.2 Å². The van der Waals surface area contributed by atoms with Gasteiger partial charge in [0.15, 0.2) is 0 Å². The van der Waals surface area contributed by atoms with Crippen LogP contribution in [0.2, 0.25) is 0 Å². The molecule has 0 saturated carbocycles. The highest BCUT2D eigenvalue weighted by molar-refractivity contribution is 5.96. The summed E-state index contributed by atoms with van der Waals surface area (Å²) in [6.45, 7) is 8.41. The second-order valence-corrected chi connectivity index (χ2v) is 6.59. The number of nitrogens with one attached hydrogen (secondary N) is 2. The van der Waals surface area contributed by atoms with Gasteiger partial charge in [0.05, 0.1) is 5.41 Å². The highest BCUT2D eigenvalue weighted by Crippen LogP contribution is 2.24. The van der Waals surface area contributed by atoms with Crippen LogP contribution >= 0.6 is 0 Å². The number of rotatable bonds is 6. The van der Waals surface area contributed by atoms with E-state index in [1.54, 1.807) is 32.0 Å². The average Bonchev–Trinajstić information content (AvgIpc) is 2.41. The molecule has 0 spiro atoms. The molecule has 1 aromatic carbocycles. The Morgan fingerprint density at radius 3 is 2.30 bits per heavy atom. The highest BCUT2D eigenvalue weighted by atomic mass is 16.4. The Hall–Kier alpha value is -2.37. The number of hydrogen-bond acceptors (Lipinski definition) is 3. The molecule has 23 heavy (non-hydrogen) atoms. The van der Waals surface area contributed by atoms with Gasteiger partial charge >= 0.3 is 5.97 Å². The normalized spacial score (nSPS) is 11.2. The van der Waals surface area contributed by atoms with Crippen molar-refractivity contribution in [2.24, 2.45) is 11.3 Å². The van der Waals surface area contributed by atoms with Crippen LogP contribution in [0.4, 0.5) is 11.4 Å². The average molecular weight is 320 g/mol. The number of anilines is 2. The van der Waals surface area contributed by atoms with Crippen LogP contribution in [-0.2, 0) is 14.4 Å². The van der Waals surface area contributed by atoms with Gasteiger partial charge in [0.1, 0.15) is 0 Å². The van der Waals surface area contributed by atoms with E-state index in [2.05, 4.69) is 10.6 Å². The Bertz CT molecular complexity index is 621. The van der Waals surface area contributed by atoms with E-state index >= 15 is 0 Å². The molecule has 0 fully saturated rings. The Kier molecular flexibility index (Phi) is 5.90. The smallest absolute Gasteiger partial charge is 0.309 e. The van der Waals surface area contributed by atoms with Crippen LogP contribution in [0.5, 0.6) is 0 Å². The molecule has 0 aromatic heterocycles. The van der Waals surface area contributed by atoms with E-state index in [0.29, 0.717) is 11.4 Å². The lowest BCUT2D eigenvalue weighted by Crippen LogP contribution is -2.29. The molecule has 0 radical (unpaired) electrons. The van der Waals surface area contributed by atoms with Crippen LogP contribution in [0, 0.1) is 18.3 Å². The van der Waals surface area contributed by atoms with Crippen molar-refractivity contribution in [3.63, 3.8) is 0 Å². The van der Waals surface area contributed by atoms with Gasteiger partial charge in [-0.15, -0.1) is 0 Å². The van der Waals surface area contributed by atoms with E-state index in [4.69, 9.17) is 5.11 Å². The summed E-state index contributed by atoms with van der Waals surface area (Å²) in [5, 5.41) is 14.6. The summed E-state index contributed by atoms with van der Waals surface area (Å²) < 4.78 is 0. The van der Waals surface area contributed by atoms with Gasteiger partial charge in [-0.2, -0.15) is 0 Å². The van der Waals surface area contributed by atoms with Gasteiger partial charge in [-0.05, 0) is 38.5 Å². The van der Waals surface area contributed by atoms with Crippen LogP contribution in [0.25, 0.3) is 0 Å². The minimum atomic E-state index is -1.14. The zero-order chi connectivity index (χ0) is 17.8. The zero-order valence-corrected chi connectivity index (χ0v) is 14.2. The fraction of sp³-hybridized carbons (Fsp3) is 0.471. The number of carbonyl (C=O) groups excluding carboxylic acids is 2. The first kappa shape index (κ1) is 18.7. The topological polar surface area (TPSA) is 95.5 Å². The third-order valence-electron chi connectivity index (χ3n) is 3.49. The SMILES string of the molecule is Cc1ccc(NC(=O)C(C)C)cc1NC(=O)CC(C)(C)C(=O)O. The summed E-state index contributed by atoms with van der Waals surface area (Å²) >= 11 is 0. The van der Waals surface area contributed by atoms with Gasteiger partial charge in [0.25, 0.3) is 0 Å². The number of carboxylic acids is 1. The van der Waals surface area contributed by atoms with E-state index < -0.39 is 11.4 Å². The first-order valence-electron chi connectivity index (χ1n) is 7.47. The molecule has 0 aliphatic heterocycles. The van der Waals surface area contributed by atoms with Gasteiger partial charge in [-0.1, -0.05) is 19.9 Å². The Labute approximate surface area is 136 Å². The van der Waals surface area contributed by atoms with Gasteiger partial charge in [-0.3, -0.25) is 14.4 Å². The molecule has 6 nitrogen and oxygen atoms in total. The van der Waals surface area contributed by atoms with E-state index in [1.807, 2.05) is 6.92 Å². The predicted molar refractivity (Wildman–Crippen MR) is 89.3 cm³/mol. The molecular weight excluding hydrogens is 296 g/mol. The molecule has 3 N–H and O–H groups in total. The number of aliphatic carboxylic acids is 1. The molecule has 0 bridgehead atoms. The van der Waals surface area contributed by atoms with E-state index in [9.17, 15) is 14.4 Å². The Balaban J connectivity index is 2.86. The first-order chi connectivity index (χ1) is 10.5. The molecule has 0 saturated heterocycles. The molecule has 0 unspecified atom stereocenters. The van der Waals surface area contributed by atoms with Gasteiger partial charge in [-0.25, -0.2) is 0 Å². The lowest BCUT2D eigenvalue weighted by Gasteiger charge is -2.19. The van der Waals surface area contributed by atoms with Crippen molar-refractivity contribution in [3.05, 3.63) is 23.8 Å². The maximum atomic E-state index is 12.1. The third kappa shape index (κ3) is 5.39. The molecule has 1 rings (SSSR count). The fourth-order valence-corrected chi connectivity index (χ4v) is 1.79. The summed E-state index contributed by atoms with van der Waals surface area (Å²) in [5.74, 6) is -1.67. The number of hydrogen-bond donors (Lipinski definition) is 3. The molecule has 2 amide bonds. The van der Waals surface area contributed by atoms with Crippen molar-refractivity contribution in [1.82, 2.24) is 0 Å². The molecule has 0 aliphatic rings. The van der Waals surface area contributed by atoms with Crippen molar-refractivity contribution >= 4 is 29.2 Å². The number of amides is 2. The van der Waals surface area contributed by atoms with Gasteiger partial charge in [0, 0.05) is 23.7 Å². The second kappa shape index (κ2) is 7.26. The van der Waals surface area contributed by atoms with Crippen molar-refractivity contribution in [2.75, 3.05) is 10.6 Å². The monoisotopic (exact) mass is 320 g/mol. The summed E-state index contributed by atoms with van der Waals surface area (Å²) in [4.78, 5) is 34.9. The molecule has 0 atom stereocenters. The molecule has 0 aliphatic carbocycles. The van der Waals surface area contributed by atoms with E-state index in [0.717, 1.165) is 5.56 Å². The van der Waals surface area contributed by atoms with Gasteiger partial charge < -0.3 is 15.7 Å². The summed E-state index contributed by atoms with van der Waals surface area (Å²) in [6.07, 6.45) is -0.135. The number of benzene rings is 1. The van der Waals surface area contributed by atoms with E-state index in [-0.39, 0.29) is 24.2 Å². The minimum Gasteiger partial charge on any atom is -0.481 e.